The van der Waals surface area contributed by atoms with E-state index in [4.69, 9.17) is 0 Å². The van der Waals surface area contributed by atoms with E-state index >= 15 is 0 Å². The van der Waals surface area contributed by atoms with Crippen LogP contribution in [0.5, 0.6) is 0 Å². The zero-order valence-electron chi connectivity index (χ0n) is 14.9. The molecule has 0 heterocycles. The first-order chi connectivity index (χ1) is 10.6. The minimum Gasteiger partial charge on any atom is -0.392 e. The van der Waals surface area contributed by atoms with Crippen LogP contribution >= 0.6 is 0 Å². The Morgan fingerprint density at radius 1 is 1.17 bits per heavy atom. The molecule has 1 rings (SSSR count). The van der Waals surface area contributed by atoms with Gasteiger partial charge in [-0.15, -0.1) is 0 Å². The Morgan fingerprint density at radius 3 is 2.13 bits per heavy atom. The number of nitrogens with one attached hydrogen (secondary N) is 1. The van der Waals surface area contributed by atoms with Gasteiger partial charge in [0.25, 0.3) is 5.91 Å². The third kappa shape index (κ3) is 5.43. The highest BCUT2D eigenvalue weighted by Crippen LogP contribution is 2.25. The van der Waals surface area contributed by atoms with E-state index in [1.807, 2.05) is 41.5 Å². The molecule has 2 unspecified atom stereocenters. The molecule has 1 aromatic carbocycles. The summed E-state index contributed by atoms with van der Waals surface area (Å²) in [4.78, 5) is 13.0. The van der Waals surface area contributed by atoms with Crippen LogP contribution in [0.2, 0.25) is 0 Å². The largest absolute Gasteiger partial charge is 0.392 e. The van der Waals surface area contributed by atoms with Crippen molar-refractivity contribution in [2.24, 2.45) is 11.3 Å². The highest BCUT2D eigenvalue weighted by molar-refractivity contribution is 7.85. The standard InChI is InChI=1S/C18H29NO3S/c1-12(2)16(20)18(5,6)11-19-17(21)14-7-9-15(10-8-14)23(22)13(3)4/h7-10,12-13,16,20H,11H2,1-6H3,(H,19,21). The molecule has 0 aliphatic heterocycles. The van der Waals surface area contributed by atoms with Gasteiger partial charge in [-0.05, 0) is 30.2 Å². The average molecular weight is 340 g/mol. The average Bonchev–Trinajstić information content (AvgIpc) is 2.51. The number of aliphatic hydroxyl groups excluding tert-OH is 1. The summed E-state index contributed by atoms with van der Waals surface area (Å²) in [5, 5.41) is 13.1. The number of benzene rings is 1. The number of hydrogen-bond donors (Lipinski definition) is 2. The van der Waals surface area contributed by atoms with Crippen molar-refractivity contribution in [3.8, 4) is 0 Å². The smallest absolute Gasteiger partial charge is 0.251 e. The van der Waals surface area contributed by atoms with Crippen LogP contribution in [0, 0.1) is 11.3 Å². The lowest BCUT2D eigenvalue weighted by Crippen LogP contribution is -2.43. The van der Waals surface area contributed by atoms with E-state index in [0.717, 1.165) is 4.90 Å². The highest BCUT2D eigenvalue weighted by atomic mass is 32.2. The molecule has 0 radical (unpaired) electrons. The number of carbonyl (C=O) groups is 1. The van der Waals surface area contributed by atoms with Crippen molar-refractivity contribution in [3.63, 3.8) is 0 Å². The molecule has 0 spiro atoms. The Morgan fingerprint density at radius 2 is 1.70 bits per heavy atom. The fraction of sp³-hybridized carbons (Fsp3) is 0.611. The predicted octanol–water partition coefficient (Wildman–Crippen LogP) is 2.98. The van der Waals surface area contributed by atoms with Crippen molar-refractivity contribution in [1.82, 2.24) is 5.32 Å². The Hall–Kier alpha value is -1.20. The van der Waals surface area contributed by atoms with E-state index in [9.17, 15) is 14.1 Å². The molecule has 4 nitrogen and oxygen atoms in total. The van der Waals surface area contributed by atoms with Gasteiger partial charge in [0.1, 0.15) is 0 Å². The summed E-state index contributed by atoms with van der Waals surface area (Å²) < 4.78 is 12.0. The monoisotopic (exact) mass is 339 g/mol. The first-order valence-electron chi connectivity index (χ1n) is 8.03. The lowest BCUT2D eigenvalue weighted by atomic mass is 9.80. The molecular weight excluding hydrogens is 310 g/mol. The van der Waals surface area contributed by atoms with Gasteiger partial charge in [-0.1, -0.05) is 41.5 Å². The van der Waals surface area contributed by atoms with Gasteiger partial charge in [0, 0.05) is 27.7 Å². The van der Waals surface area contributed by atoms with E-state index in [2.05, 4.69) is 5.32 Å². The number of rotatable bonds is 7. The maximum absolute atomic E-state index is 12.2. The Balaban J connectivity index is 2.70. The lowest BCUT2D eigenvalue weighted by Gasteiger charge is -2.33. The molecule has 1 amide bonds. The molecular formula is C18H29NO3S. The zero-order valence-corrected chi connectivity index (χ0v) is 15.7. The van der Waals surface area contributed by atoms with Crippen molar-refractivity contribution in [2.75, 3.05) is 6.54 Å². The van der Waals surface area contributed by atoms with Gasteiger partial charge in [0.15, 0.2) is 0 Å². The second-order valence-corrected chi connectivity index (χ2v) is 9.24. The van der Waals surface area contributed by atoms with Gasteiger partial charge in [0.2, 0.25) is 0 Å². The van der Waals surface area contributed by atoms with E-state index in [1.165, 1.54) is 0 Å². The molecule has 0 saturated heterocycles. The third-order valence-corrected chi connectivity index (χ3v) is 5.51. The number of carbonyl (C=O) groups excluding carboxylic acids is 1. The fourth-order valence-corrected chi connectivity index (χ4v) is 3.38. The first kappa shape index (κ1) is 19.8. The van der Waals surface area contributed by atoms with Crippen LogP contribution in [0.25, 0.3) is 0 Å². The van der Waals surface area contributed by atoms with Gasteiger partial charge in [-0.2, -0.15) is 0 Å². The summed E-state index contributed by atoms with van der Waals surface area (Å²) in [6.45, 7) is 12.0. The van der Waals surface area contributed by atoms with Crippen LogP contribution < -0.4 is 5.32 Å². The normalized spacial score (nSPS) is 14.8. The van der Waals surface area contributed by atoms with Gasteiger partial charge in [-0.25, -0.2) is 0 Å². The second-order valence-electron chi connectivity index (χ2n) is 7.23. The molecule has 2 atom stereocenters. The molecule has 0 aliphatic carbocycles. The minimum atomic E-state index is -1.05. The summed E-state index contributed by atoms with van der Waals surface area (Å²) >= 11 is 0. The topological polar surface area (TPSA) is 66.4 Å². The van der Waals surface area contributed by atoms with Gasteiger partial charge in [0.05, 0.1) is 16.9 Å². The van der Waals surface area contributed by atoms with Crippen molar-refractivity contribution < 1.29 is 14.1 Å². The summed E-state index contributed by atoms with van der Waals surface area (Å²) in [6.07, 6.45) is -0.487. The Labute approximate surface area is 142 Å². The van der Waals surface area contributed by atoms with Crippen LogP contribution in [0.15, 0.2) is 29.2 Å². The molecule has 0 saturated carbocycles. The van der Waals surface area contributed by atoms with E-state index in [1.54, 1.807) is 24.3 Å². The summed E-state index contributed by atoms with van der Waals surface area (Å²) in [5.41, 5.74) is 0.132. The van der Waals surface area contributed by atoms with Crippen LogP contribution in [-0.4, -0.2) is 33.1 Å². The van der Waals surface area contributed by atoms with E-state index < -0.39 is 22.3 Å². The fourth-order valence-electron chi connectivity index (χ4n) is 2.43. The molecule has 0 fully saturated rings. The molecule has 1 aromatic rings. The van der Waals surface area contributed by atoms with Crippen LogP contribution in [0.1, 0.15) is 51.9 Å². The summed E-state index contributed by atoms with van der Waals surface area (Å²) in [5.74, 6) is -0.0527. The quantitative estimate of drug-likeness (QED) is 0.802. The molecule has 5 heteroatoms. The molecule has 23 heavy (non-hydrogen) atoms. The van der Waals surface area contributed by atoms with Gasteiger partial charge >= 0.3 is 0 Å². The minimum absolute atomic E-state index is 0.0491. The number of aliphatic hydroxyl groups is 1. The second kappa shape index (κ2) is 8.06. The van der Waals surface area contributed by atoms with Crippen molar-refractivity contribution >= 4 is 16.7 Å². The third-order valence-electron chi connectivity index (χ3n) is 3.91. The highest BCUT2D eigenvalue weighted by Gasteiger charge is 2.30. The summed E-state index contributed by atoms with van der Waals surface area (Å²) in [6, 6.07) is 6.85. The van der Waals surface area contributed by atoms with Gasteiger partial charge < -0.3 is 10.4 Å². The summed E-state index contributed by atoms with van der Waals surface area (Å²) in [7, 11) is -1.05. The van der Waals surface area contributed by atoms with Gasteiger partial charge in [-0.3, -0.25) is 9.00 Å². The lowest BCUT2D eigenvalue weighted by molar-refractivity contribution is 0.0138. The Kier molecular flexibility index (Phi) is 6.96. The first-order valence-corrected chi connectivity index (χ1v) is 9.24. The van der Waals surface area contributed by atoms with Crippen molar-refractivity contribution in [1.29, 1.82) is 0 Å². The van der Waals surface area contributed by atoms with Crippen LogP contribution in [-0.2, 0) is 10.8 Å². The van der Waals surface area contributed by atoms with Crippen LogP contribution in [0.3, 0.4) is 0 Å². The van der Waals surface area contributed by atoms with Crippen molar-refractivity contribution in [2.45, 2.75) is 57.8 Å². The van der Waals surface area contributed by atoms with E-state index in [0.29, 0.717) is 12.1 Å². The molecule has 2 N–H and O–H groups in total. The number of hydrogen-bond acceptors (Lipinski definition) is 3. The Bertz CT molecular complexity index is 550. The predicted molar refractivity (Wildman–Crippen MR) is 94.9 cm³/mol. The number of amides is 1. The van der Waals surface area contributed by atoms with Crippen LogP contribution in [0.4, 0.5) is 0 Å². The maximum Gasteiger partial charge on any atom is 0.251 e. The maximum atomic E-state index is 12.2. The zero-order chi connectivity index (χ0) is 17.8. The molecule has 130 valence electrons. The molecule has 0 bridgehead atoms. The van der Waals surface area contributed by atoms with Crippen molar-refractivity contribution in [3.05, 3.63) is 29.8 Å². The molecule has 0 aromatic heterocycles. The van der Waals surface area contributed by atoms with E-state index in [-0.39, 0.29) is 17.1 Å². The molecule has 0 aliphatic rings. The SMILES string of the molecule is CC(C)C(O)C(C)(C)CNC(=O)c1ccc(S(=O)C(C)C)cc1.